The maximum absolute atomic E-state index is 11.3. The molecule has 1 atom stereocenters. The normalized spacial score (nSPS) is 12.0. The maximum atomic E-state index is 11.3. The molecule has 0 aliphatic rings. The second-order valence-electron chi connectivity index (χ2n) is 4.86. The van der Waals surface area contributed by atoms with Gasteiger partial charge in [-0.05, 0) is 24.6 Å². The number of rotatable bonds is 6. The summed E-state index contributed by atoms with van der Waals surface area (Å²) in [5, 5.41) is 22.1. The molecule has 0 aliphatic carbocycles. The van der Waals surface area contributed by atoms with Crippen molar-refractivity contribution in [2.24, 2.45) is 0 Å². The highest BCUT2D eigenvalue weighted by Gasteiger charge is 2.18. The summed E-state index contributed by atoms with van der Waals surface area (Å²) >= 11 is 12.1. The molecule has 0 fully saturated rings. The highest BCUT2D eigenvalue weighted by molar-refractivity contribution is 6.35. The number of aromatic nitrogens is 1. The predicted octanol–water partition coefficient (Wildman–Crippen LogP) is 3.31. The fourth-order valence-electron chi connectivity index (χ4n) is 2.21. The molecule has 23 heavy (non-hydrogen) atoms. The molecule has 0 bridgehead atoms. The number of hydrogen-bond acceptors (Lipinski definition) is 4. The van der Waals surface area contributed by atoms with E-state index in [0.29, 0.717) is 34.0 Å². The number of hydrogen-bond donors (Lipinski definition) is 1. The summed E-state index contributed by atoms with van der Waals surface area (Å²) < 4.78 is 11.2. The van der Waals surface area contributed by atoms with Crippen LogP contribution in [0.15, 0.2) is 30.6 Å². The summed E-state index contributed by atoms with van der Waals surface area (Å²) in [4.78, 5) is 0. The molecule has 0 unspecified atom stereocenters. The largest absolute Gasteiger partial charge is 0.619 e. The van der Waals surface area contributed by atoms with Gasteiger partial charge in [0.1, 0.15) is 10.0 Å². The van der Waals surface area contributed by atoms with Crippen LogP contribution in [0.2, 0.25) is 10.0 Å². The van der Waals surface area contributed by atoms with E-state index in [1.54, 1.807) is 25.3 Å². The summed E-state index contributed by atoms with van der Waals surface area (Å²) in [6.07, 6.45) is 1.73. The van der Waals surface area contributed by atoms with Crippen molar-refractivity contribution in [3.05, 3.63) is 57.0 Å². The Bertz CT molecular complexity index is 671. The smallest absolute Gasteiger partial charge is 0.199 e. The first-order chi connectivity index (χ1) is 11.0. The van der Waals surface area contributed by atoms with E-state index in [1.165, 1.54) is 12.4 Å². The van der Waals surface area contributed by atoms with Crippen LogP contribution in [0.4, 0.5) is 0 Å². The fourth-order valence-corrected chi connectivity index (χ4v) is 2.80. The molecule has 2 aromatic rings. The van der Waals surface area contributed by atoms with E-state index in [9.17, 15) is 10.3 Å². The highest BCUT2D eigenvalue weighted by atomic mass is 35.5. The van der Waals surface area contributed by atoms with Crippen molar-refractivity contribution in [2.75, 3.05) is 13.7 Å². The Labute approximate surface area is 144 Å². The lowest BCUT2D eigenvalue weighted by atomic mass is 10.0. The summed E-state index contributed by atoms with van der Waals surface area (Å²) in [6, 6.07) is 5.18. The molecule has 1 aromatic carbocycles. The van der Waals surface area contributed by atoms with Crippen LogP contribution in [-0.4, -0.2) is 18.8 Å². The van der Waals surface area contributed by atoms with E-state index < -0.39 is 6.10 Å². The molecular weight excluding hydrogens is 341 g/mol. The van der Waals surface area contributed by atoms with Gasteiger partial charge in [-0.2, -0.15) is 4.73 Å². The van der Waals surface area contributed by atoms with Crippen LogP contribution in [0.5, 0.6) is 11.5 Å². The van der Waals surface area contributed by atoms with Crippen LogP contribution < -0.4 is 14.2 Å². The number of nitrogens with zero attached hydrogens (tertiary/aromatic N) is 1. The van der Waals surface area contributed by atoms with Crippen molar-refractivity contribution < 1.29 is 19.3 Å². The second kappa shape index (κ2) is 7.73. The van der Waals surface area contributed by atoms with Crippen LogP contribution in [0.25, 0.3) is 0 Å². The van der Waals surface area contributed by atoms with Gasteiger partial charge < -0.3 is 19.8 Å². The first-order valence-corrected chi connectivity index (χ1v) is 7.77. The molecule has 2 rings (SSSR count). The van der Waals surface area contributed by atoms with E-state index >= 15 is 0 Å². The van der Waals surface area contributed by atoms with E-state index in [4.69, 9.17) is 32.7 Å². The third kappa shape index (κ3) is 4.19. The van der Waals surface area contributed by atoms with Crippen LogP contribution >= 0.6 is 23.2 Å². The van der Waals surface area contributed by atoms with Crippen LogP contribution in [-0.2, 0) is 6.42 Å². The average Bonchev–Trinajstić information content (AvgIpc) is 2.51. The monoisotopic (exact) mass is 357 g/mol. The van der Waals surface area contributed by atoms with Crippen molar-refractivity contribution in [1.29, 1.82) is 0 Å². The molecule has 1 heterocycles. The van der Waals surface area contributed by atoms with Crippen molar-refractivity contribution in [3.63, 3.8) is 0 Å². The van der Waals surface area contributed by atoms with Crippen LogP contribution in [0.1, 0.15) is 24.2 Å². The molecule has 0 saturated heterocycles. The molecule has 1 N–H and O–H groups in total. The van der Waals surface area contributed by atoms with Gasteiger partial charge in [0.05, 0.1) is 19.8 Å². The molecule has 0 saturated carbocycles. The number of methoxy groups -OCH3 is 1. The molecule has 1 aromatic heterocycles. The quantitative estimate of drug-likeness (QED) is 0.636. The third-order valence-electron chi connectivity index (χ3n) is 3.33. The Morgan fingerprint density at radius 2 is 1.87 bits per heavy atom. The summed E-state index contributed by atoms with van der Waals surface area (Å²) in [5.74, 6) is 1.14. The Balaban J connectivity index is 2.27. The summed E-state index contributed by atoms with van der Waals surface area (Å²) in [5.41, 5.74) is 1.15. The lowest BCUT2D eigenvalue weighted by Crippen LogP contribution is -2.25. The first-order valence-electron chi connectivity index (χ1n) is 7.01. The van der Waals surface area contributed by atoms with Gasteiger partial charge in [0.2, 0.25) is 0 Å². The Morgan fingerprint density at radius 3 is 2.43 bits per heavy atom. The Kier molecular flexibility index (Phi) is 5.93. The van der Waals surface area contributed by atoms with Crippen molar-refractivity contribution >= 4 is 23.2 Å². The molecule has 0 aliphatic heterocycles. The summed E-state index contributed by atoms with van der Waals surface area (Å²) in [7, 11) is 1.55. The van der Waals surface area contributed by atoms with E-state index in [0.717, 1.165) is 0 Å². The SMILES string of the molecule is CCOc1cc([C@H](O)Cc2c(Cl)c[n+]([O-])cc2Cl)ccc1OC. The minimum absolute atomic E-state index is 0.177. The zero-order valence-electron chi connectivity index (χ0n) is 12.8. The minimum Gasteiger partial charge on any atom is -0.619 e. The lowest BCUT2D eigenvalue weighted by Gasteiger charge is -2.16. The summed E-state index contributed by atoms with van der Waals surface area (Å²) in [6.45, 7) is 2.35. The Morgan fingerprint density at radius 1 is 1.22 bits per heavy atom. The van der Waals surface area contributed by atoms with Crippen molar-refractivity contribution in [3.8, 4) is 11.5 Å². The first kappa shape index (κ1) is 17.7. The number of pyridine rings is 1. The van der Waals surface area contributed by atoms with Gasteiger partial charge in [-0.1, -0.05) is 29.3 Å². The van der Waals surface area contributed by atoms with Gasteiger partial charge in [-0.3, -0.25) is 0 Å². The van der Waals surface area contributed by atoms with Gasteiger partial charge in [-0.25, -0.2) is 0 Å². The topological polar surface area (TPSA) is 65.6 Å². The maximum Gasteiger partial charge on any atom is 0.199 e. The van der Waals surface area contributed by atoms with E-state index in [2.05, 4.69) is 0 Å². The number of aliphatic hydroxyl groups excluding tert-OH is 1. The Hall–Kier alpha value is -1.69. The van der Waals surface area contributed by atoms with Crippen LogP contribution in [0.3, 0.4) is 0 Å². The molecular formula is C16H17Cl2NO4. The number of aliphatic hydroxyl groups is 1. The van der Waals surface area contributed by atoms with Gasteiger partial charge in [-0.15, -0.1) is 0 Å². The van der Waals surface area contributed by atoms with Gasteiger partial charge in [0.15, 0.2) is 23.9 Å². The fraction of sp³-hybridized carbons (Fsp3) is 0.312. The van der Waals surface area contributed by atoms with Crippen molar-refractivity contribution in [1.82, 2.24) is 0 Å². The number of halogens is 2. The van der Waals surface area contributed by atoms with Crippen molar-refractivity contribution in [2.45, 2.75) is 19.4 Å². The molecule has 0 radical (unpaired) electrons. The number of ether oxygens (including phenoxy) is 2. The molecule has 7 heteroatoms. The minimum atomic E-state index is -0.849. The zero-order chi connectivity index (χ0) is 17.0. The van der Waals surface area contributed by atoms with Crippen LogP contribution in [0, 0.1) is 5.21 Å². The predicted molar refractivity (Wildman–Crippen MR) is 88.2 cm³/mol. The average molecular weight is 358 g/mol. The molecule has 0 amide bonds. The van der Waals surface area contributed by atoms with Gasteiger partial charge in [0, 0.05) is 12.0 Å². The standard InChI is InChI=1S/C16H17Cl2NO4/c1-3-23-16-6-10(4-5-15(16)22-2)14(20)7-11-12(17)8-19(21)9-13(11)18/h4-6,8-9,14,20H,3,7H2,1-2H3/t14-/m1/s1. The lowest BCUT2D eigenvalue weighted by molar-refractivity contribution is -0.605. The second-order valence-corrected chi connectivity index (χ2v) is 5.67. The highest BCUT2D eigenvalue weighted by Crippen LogP contribution is 2.33. The third-order valence-corrected chi connectivity index (χ3v) is 3.98. The van der Waals surface area contributed by atoms with E-state index in [-0.39, 0.29) is 16.5 Å². The zero-order valence-corrected chi connectivity index (χ0v) is 14.3. The molecule has 5 nitrogen and oxygen atoms in total. The van der Waals surface area contributed by atoms with Gasteiger partial charge in [0.25, 0.3) is 0 Å². The number of benzene rings is 1. The molecule has 124 valence electrons. The van der Waals surface area contributed by atoms with E-state index in [1.807, 2.05) is 6.92 Å². The van der Waals surface area contributed by atoms with Gasteiger partial charge >= 0.3 is 0 Å². The molecule has 0 spiro atoms.